The van der Waals surface area contributed by atoms with Gasteiger partial charge in [0.05, 0.1) is 14.2 Å². The number of ether oxygens (including phenoxy) is 2. The van der Waals surface area contributed by atoms with E-state index in [1.54, 1.807) is 50.9 Å². The molecule has 0 fully saturated rings. The normalized spacial score (nSPS) is 10.6. The zero-order valence-corrected chi connectivity index (χ0v) is 10.7. The van der Waals surface area contributed by atoms with Crippen LogP contribution in [0, 0.1) is 0 Å². The van der Waals surface area contributed by atoms with Crippen molar-refractivity contribution in [2.24, 2.45) is 0 Å². The summed E-state index contributed by atoms with van der Waals surface area (Å²) < 4.78 is 11.6. The molecule has 2 aromatic rings. The zero-order valence-electron chi connectivity index (χ0n) is 10.7. The molecule has 0 spiro atoms. The Morgan fingerprint density at radius 2 is 2.05 bits per heavy atom. The van der Waals surface area contributed by atoms with E-state index < -0.39 is 0 Å². The Kier molecular flexibility index (Phi) is 3.97. The number of hydrogen-bond acceptors (Lipinski definition) is 4. The maximum absolute atomic E-state index is 11.7. The van der Waals surface area contributed by atoms with E-state index in [9.17, 15) is 4.79 Å². The molecule has 0 unspecified atom stereocenters. The van der Waals surface area contributed by atoms with Gasteiger partial charge in [-0.15, -0.1) is 0 Å². The van der Waals surface area contributed by atoms with E-state index in [2.05, 4.69) is 5.10 Å². The highest BCUT2D eigenvalue weighted by Gasteiger charge is 2.03. The lowest BCUT2D eigenvalue weighted by Crippen LogP contribution is -2.06. The third kappa shape index (κ3) is 3.01. The van der Waals surface area contributed by atoms with Crippen molar-refractivity contribution >= 4 is 12.0 Å². The number of nitrogens with zero attached hydrogens (tertiary/aromatic N) is 2. The highest BCUT2D eigenvalue weighted by atomic mass is 16.5. The van der Waals surface area contributed by atoms with Crippen molar-refractivity contribution in [1.82, 2.24) is 9.78 Å². The third-order valence-electron chi connectivity index (χ3n) is 2.56. The highest BCUT2D eigenvalue weighted by molar-refractivity contribution is 5.93. The van der Waals surface area contributed by atoms with Crippen molar-refractivity contribution in [1.29, 1.82) is 0 Å². The zero-order chi connectivity index (χ0) is 13.7. The van der Waals surface area contributed by atoms with Crippen LogP contribution in [0.1, 0.15) is 10.4 Å². The molecule has 0 amide bonds. The fourth-order valence-corrected chi connectivity index (χ4v) is 1.60. The quantitative estimate of drug-likeness (QED) is 0.789. The SMILES string of the molecule is COc1ccc(C=CC(=O)n2cccn2)cc1OC. The molecule has 0 radical (unpaired) electrons. The number of methoxy groups -OCH3 is 2. The van der Waals surface area contributed by atoms with Crippen LogP contribution >= 0.6 is 0 Å². The lowest BCUT2D eigenvalue weighted by atomic mass is 10.2. The lowest BCUT2D eigenvalue weighted by molar-refractivity contribution is 0.0955. The van der Waals surface area contributed by atoms with Crippen molar-refractivity contribution in [3.63, 3.8) is 0 Å². The number of allylic oxidation sites excluding steroid dienone is 1. The van der Waals surface area contributed by atoms with E-state index in [0.717, 1.165) is 5.56 Å². The van der Waals surface area contributed by atoms with Crippen molar-refractivity contribution in [3.8, 4) is 11.5 Å². The molecular formula is C14H14N2O3. The minimum Gasteiger partial charge on any atom is -0.493 e. The summed E-state index contributed by atoms with van der Waals surface area (Å²) in [5.41, 5.74) is 0.846. The van der Waals surface area contributed by atoms with Crippen molar-refractivity contribution in [2.75, 3.05) is 14.2 Å². The van der Waals surface area contributed by atoms with Gasteiger partial charge in [-0.3, -0.25) is 4.79 Å². The van der Waals surface area contributed by atoms with Crippen LogP contribution < -0.4 is 9.47 Å². The van der Waals surface area contributed by atoms with Crippen LogP contribution in [0.3, 0.4) is 0 Å². The van der Waals surface area contributed by atoms with Gasteiger partial charge in [0, 0.05) is 18.5 Å². The molecule has 5 nitrogen and oxygen atoms in total. The average Bonchev–Trinajstić information content (AvgIpc) is 2.98. The number of rotatable bonds is 4. The maximum Gasteiger partial charge on any atom is 0.270 e. The molecule has 5 heteroatoms. The molecule has 0 bridgehead atoms. The minimum absolute atomic E-state index is 0.209. The van der Waals surface area contributed by atoms with Gasteiger partial charge in [0.15, 0.2) is 11.5 Å². The van der Waals surface area contributed by atoms with Crippen molar-refractivity contribution in [3.05, 3.63) is 48.3 Å². The summed E-state index contributed by atoms with van der Waals surface area (Å²) in [7, 11) is 3.15. The molecule has 0 N–H and O–H groups in total. The topological polar surface area (TPSA) is 53.4 Å². The Morgan fingerprint density at radius 1 is 1.26 bits per heavy atom. The molecule has 0 aliphatic carbocycles. The fourth-order valence-electron chi connectivity index (χ4n) is 1.60. The second-order valence-corrected chi connectivity index (χ2v) is 3.74. The van der Waals surface area contributed by atoms with Gasteiger partial charge in [0.25, 0.3) is 5.91 Å². The summed E-state index contributed by atoms with van der Waals surface area (Å²) in [6.07, 6.45) is 6.31. The van der Waals surface area contributed by atoms with Gasteiger partial charge in [0.1, 0.15) is 0 Å². The van der Waals surface area contributed by atoms with Gasteiger partial charge >= 0.3 is 0 Å². The Labute approximate surface area is 111 Å². The largest absolute Gasteiger partial charge is 0.493 e. The number of carbonyl (C=O) groups excluding carboxylic acids is 1. The second kappa shape index (κ2) is 5.86. The molecule has 1 heterocycles. The van der Waals surface area contributed by atoms with Gasteiger partial charge in [-0.05, 0) is 29.8 Å². The minimum atomic E-state index is -0.209. The molecule has 98 valence electrons. The first-order valence-corrected chi connectivity index (χ1v) is 5.68. The first kappa shape index (κ1) is 12.9. The second-order valence-electron chi connectivity index (χ2n) is 3.74. The Balaban J connectivity index is 2.17. The lowest BCUT2D eigenvalue weighted by Gasteiger charge is -2.07. The van der Waals surface area contributed by atoms with Crippen molar-refractivity contribution < 1.29 is 14.3 Å². The summed E-state index contributed by atoms with van der Waals surface area (Å²) in [5, 5.41) is 3.86. The Hall–Kier alpha value is -2.56. The van der Waals surface area contributed by atoms with Gasteiger partial charge in [-0.1, -0.05) is 6.07 Å². The van der Waals surface area contributed by atoms with Gasteiger partial charge in [0.2, 0.25) is 0 Å². The van der Waals surface area contributed by atoms with Gasteiger partial charge < -0.3 is 9.47 Å². The number of hydrogen-bond donors (Lipinski definition) is 0. The first-order valence-electron chi connectivity index (χ1n) is 5.68. The molecule has 1 aromatic heterocycles. The van der Waals surface area contributed by atoms with Crippen LogP contribution in [0.2, 0.25) is 0 Å². The predicted octanol–water partition coefficient (Wildman–Crippen LogP) is 2.25. The molecule has 1 aromatic carbocycles. The van der Waals surface area contributed by atoms with Crippen LogP contribution in [0.5, 0.6) is 11.5 Å². The van der Waals surface area contributed by atoms with E-state index in [1.165, 1.54) is 10.8 Å². The van der Waals surface area contributed by atoms with E-state index >= 15 is 0 Å². The number of benzene rings is 1. The van der Waals surface area contributed by atoms with E-state index in [0.29, 0.717) is 11.5 Å². The van der Waals surface area contributed by atoms with Crippen LogP contribution in [-0.2, 0) is 0 Å². The fraction of sp³-hybridized carbons (Fsp3) is 0.143. The highest BCUT2D eigenvalue weighted by Crippen LogP contribution is 2.27. The summed E-state index contributed by atoms with van der Waals surface area (Å²) in [6.45, 7) is 0. The van der Waals surface area contributed by atoms with E-state index in [4.69, 9.17) is 9.47 Å². The molecule has 0 saturated heterocycles. The monoisotopic (exact) mass is 258 g/mol. The third-order valence-corrected chi connectivity index (χ3v) is 2.56. The van der Waals surface area contributed by atoms with Crippen LogP contribution in [0.25, 0.3) is 6.08 Å². The molecule has 0 saturated carbocycles. The number of aromatic nitrogens is 2. The van der Waals surface area contributed by atoms with Crippen LogP contribution in [0.15, 0.2) is 42.7 Å². The summed E-state index contributed by atoms with van der Waals surface area (Å²) >= 11 is 0. The van der Waals surface area contributed by atoms with Crippen LogP contribution in [-0.4, -0.2) is 29.9 Å². The van der Waals surface area contributed by atoms with Crippen molar-refractivity contribution in [2.45, 2.75) is 0 Å². The van der Waals surface area contributed by atoms with Gasteiger partial charge in [-0.25, -0.2) is 4.68 Å². The molecule has 0 atom stereocenters. The smallest absolute Gasteiger partial charge is 0.270 e. The summed E-state index contributed by atoms with van der Waals surface area (Å²) in [5.74, 6) is 1.06. The maximum atomic E-state index is 11.7. The molecule has 0 aliphatic heterocycles. The van der Waals surface area contributed by atoms with E-state index in [1.807, 2.05) is 6.07 Å². The molecule has 2 rings (SSSR count). The molecule has 19 heavy (non-hydrogen) atoms. The average molecular weight is 258 g/mol. The number of carbonyl (C=O) groups is 1. The Morgan fingerprint density at radius 3 is 2.68 bits per heavy atom. The Bertz CT molecular complexity index is 589. The standard InChI is InChI=1S/C14H14N2O3/c1-18-12-6-4-11(10-13(12)19-2)5-7-14(17)16-9-3-8-15-16/h3-10H,1-2H3. The van der Waals surface area contributed by atoms with Crippen LogP contribution in [0.4, 0.5) is 0 Å². The van der Waals surface area contributed by atoms with E-state index in [-0.39, 0.29) is 5.91 Å². The summed E-state index contributed by atoms with van der Waals surface area (Å²) in [6, 6.07) is 7.12. The molecule has 0 aliphatic rings. The van der Waals surface area contributed by atoms with Gasteiger partial charge in [-0.2, -0.15) is 5.10 Å². The summed E-state index contributed by atoms with van der Waals surface area (Å²) in [4.78, 5) is 11.7. The first-order chi connectivity index (χ1) is 9.24. The molecular weight excluding hydrogens is 244 g/mol. The predicted molar refractivity (Wildman–Crippen MR) is 71.4 cm³/mol.